The fourth-order valence-electron chi connectivity index (χ4n) is 2.37. The first kappa shape index (κ1) is 15.2. The van der Waals surface area contributed by atoms with Gasteiger partial charge in [-0.3, -0.25) is 0 Å². The molecule has 1 aliphatic heterocycles. The van der Waals surface area contributed by atoms with Crippen molar-refractivity contribution in [3.05, 3.63) is 18.3 Å². The van der Waals surface area contributed by atoms with Gasteiger partial charge in [0.05, 0.1) is 6.61 Å². The van der Waals surface area contributed by atoms with E-state index >= 15 is 0 Å². The molecule has 1 aromatic heterocycles. The Hall–Kier alpha value is -1.18. The van der Waals surface area contributed by atoms with Crippen molar-refractivity contribution in [1.82, 2.24) is 9.29 Å². The number of piperidine rings is 1. The maximum Gasteiger partial charge on any atom is 0.246 e. The first-order valence-electron chi connectivity index (χ1n) is 6.84. The van der Waals surface area contributed by atoms with E-state index in [1.54, 1.807) is 30.3 Å². The summed E-state index contributed by atoms with van der Waals surface area (Å²) in [7, 11) is -1.78. The molecular formula is C13H21N3O3S. The van der Waals surface area contributed by atoms with E-state index < -0.39 is 10.0 Å². The fourth-order valence-corrected chi connectivity index (χ4v) is 4.08. The van der Waals surface area contributed by atoms with Crippen LogP contribution in [0.2, 0.25) is 0 Å². The minimum Gasteiger partial charge on any atom is -0.395 e. The van der Waals surface area contributed by atoms with Gasteiger partial charge in [-0.25, -0.2) is 13.4 Å². The van der Waals surface area contributed by atoms with Crippen LogP contribution in [0.5, 0.6) is 0 Å². The van der Waals surface area contributed by atoms with Crippen molar-refractivity contribution in [3.8, 4) is 0 Å². The smallest absolute Gasteiger partial charge is 0.246 e. The number of pyridine rings is 1. The summed E-state index contributed by atoms with van der Waals surface area (Å²) in [6.07, 6.45) is 4.46. The van der Waals surface area contributed by atoms with Crippen molar-refractivity contribution in [2.24, 2.45) is 0 Å². The monoisotopic (exact) mass is 299 g/mol. The van der Waals surface area contributed by atoms with Gasteiger partial charge in [-0.1, -0.05) is 6.42 Å². The van der Waals surface area contributed by atoms with Crippen LogP contribution in [0, 0.1) is 0 Å². The number of hydrogen-bond acceptors (Lipinski definition) is 5. The second kappa shape index (κ2) is 6.51. The molecule has 2 rings (SSSR count). The van der Waals surface area contributed by atoms with Gasteiger partial charge in [-0.15, -0.1) is 0 Å². The number of anilines is 1. The average molecular weight is 299 g/mol. The van der Waals surface area contributed by atoms with Crippen molar-refractivity contribution < 1.29 is 13.5 Å². The van der Waals surface area contributed by atoms with Crippen LogP contribution in [0.15, 0.2) is 23.2 Å². The van der Waals surface area contributed by atoms with E-state index in [1.165, 1.54) is 4.31 Å². The summed E-state index contributed by atoms with van der Waals surface area (Å²) >= 11 is 0. The minimum absolute atomic E-state index is 0.0454. The predicted molar refractivity (Wildman–Crippen MR) is 77.2 cm³/mol. The normalized spacial score (nSPS) is 17.1. The molecular weight excluding hydrogens is 278 g/mol. The van der Waals surface area contributed by atoms with E-state index in [1.807, 2.05) is 0 Å². The zero-order chi connectivity index (χ0) is 14.6. The molecule has 0 bridgehead atoms. The second-order valence-corrected chi connectivity index (χ2v) is 6.84. The molecule has 1 N–H and O–H groups in total. The van der Waals surface area contributed by atoms with Gasteiger partial charge in [-0.05, 0) is 25.0 Å². The van der Waals surface area contributed by atoms with E-state index in [0.29, 0.717) is 25.5 Å². The summed E-state index contributed by atoms with van der Waals surface area (Å²) in [6, 6.07) is 3.22. The Kier molecular flexibility index (Phi) is 4.95. The fraction of sp³-hybridized carbons (Fsp3) is 0.615. The molecule has 0 unspecified atom stereocenters. The molecule has 0 amide bonds. The lowest BCUT2D eigenvalue weighted by Gasteiger charge is -2.28. The maximum absolute atomic E-state index is 12.7. The number of aromatic nitrogens is 1. The highest BCUT2D eigenvalue weighted by molar-refractivity contribution is 7.89. The summed E-state index contributed by atoms with van der Waals surface area (Å²) in [5, 5.41) is 9.01. The molecule has 0 atom stereocenters. The molecule has 2 heterocycles. The number of rotatable bonds is 5. The molecule has 0 aliphatic carbocycles. The second-order valence-electron chi connectivity index (χ2n) is 4.94. The van der Waals surface area contributed by atoms with Crippen LogP contribution >= 0.6 is 0 Å². The molecule has 112 valence electrons. The van der Waals surface area contributed by atoms with Crippen LogP contribution in [0.3, 0.4) is 0 Å². The van der Waals surface area contributed by atoms with E-state index in [-0.39, 0.29) is 11.5 Å². The topological polar surface area (TPSA) is 73.7 Å². The Morgan fingerprint density at radius 3 is 2.70 bits per heavy atom. The highest BCUT2D eigenvalue weighted by Gasteiger charge is 2.29. The largest absolute Gasteiger partial charge is 0.395 e. The molecule has 0 radical (unpaired) electrons. The summed E-state index contributed by atoms with van der Waals surface area (Å²) < 4.78 is 27.0. The van der Waals surface area contributed by atoms with Gasteiger partial charge in [-0.2, -0.15) is 4.31 Å². The van der Waals surface area contributed by atoms with Gasteiger partial charge in [0.1, 0.15) is 10.7 Å². The first-order chi connectivity index (χ1) is 9.57. The van der Waals surface area contributed by atoms with Gasteiger partial charge in [0, 0.05) is 32.9 Å². The van der Waals surface area contributed by atoms with Crippen molar-refractivity contribution in [2.75, 3.05) is 38.2 Å². The highest BCUT2D eigenvalue weighted by atomic mass is 32.2. The number of nitrogens with zero attached hydrogens (tertiary/aromatic N) is 3. The zero-order valence-corrected chi connectivity index (χ0v) is 12.5. The summed E-state index contributed by atoms with van der Waals surface area (Å²) in [6.45, 7) is 1.44. The summed E-state index contributed by atoms with van der Waals surface area (Å²) in [5.41, 5.74) is 0. The van der Waals surface area contributed by atoms with Gasteiger partial charge in [0.2, 0.25) is 10.0 Å². The van der Waals surface area contributed by atoms with Crippen LogP contribution < -0.4 is 4.90 Å². The predicted octanol–water partition coefficient (Wildman–Crippen LogP) is 0.685. The molecule has 6 nitrogen and oxygen atoms in total. The third-order valence-corrected chi connectivity index (χ3v) is 5.40. The Balaban J connectivity index is 2.35. The Morgan fingerprint density at radius 2 is 2.05 bits per heavy atom. The van der Waals surface area contributed by atoms with Crippen molar-refractivity contribution in [3.63, 3.8) is 0 Å². The Morgan fingerprint density at radius 1 is 1.35 bits per heavy atom. The molecule has 1 saturated heterocycles. The van der Waals surface area contributed by atoms with E-state index in [4.69, 9.17) is 5.11 Å². The lowest BCUT2D eigenvalue weighted by atomic mass is 10.2. The van der Waals surface area contributed by atoms with Gasteiger partial charge in [0.25, 0.3) is 0 Å². The molecule has 7 heteroatoms. The number of sulfonamides is 1. The number of likely N-dealkylation sites (N-methyl/N-ethyl adjacent to an activating group) is 1. The van der Waals surface area contributed by atoms with E-state index in [0.717, 1.165) is 19.3 Å². The number of aliphatic hydroxyl groups excluding tert-OH is 1. The first-order valence-corrected chi connectivity index (χ1v) is 8.28. The van der Waals surface area contributed by atoms with Crippen LogP contribution in [0.25, 0.3) is 0 Å². The molecule has 1 fully saturated rings. The van der Waals surface area contributed by atoms with Crippen LogP contribution in [0.4, 0.5) is 5.82 Å². The van der Waals surface area contributed by atoms with Gasteiger partial charge >= 0.3 is 0 Å². The van der Waals surface area contributed by atoms with Crippen LogP contribution in [-0.2, 0) is 10.0 Å². The van der Waals surface area contributed by atoms with Gasteiger partial charge < -0.3 is 10.0 Å². The van der Waals surface area contributed by atoms with E-state index in [9.17, 15) is 8.42 Å². The Bertz CT molecular complexity index is 542. The molecule has 1 aliphatic rings. The third kappa shape index (κ3) is 3.11. The Labute approximate surface area is 120 Å². The lowest BCUT2D eigenvalue weighted by molar-refractivity contribution is 0.303. The molecule has 0 aromatic carbocycles. The summed E-state index contributed by atoms with van der Waals surface area (Å²) in [5.74, 6) is 0.395. The summed E-state index contributed by atoms with van der Waals surface area (Å²) in [4.78, 5) is 6.05. The van der Waals surface area contributed by atoms with Crippen LogP contribution in [0.1, 0.15) is 19.3 Å². The molecule has 1 aromatic rings. The van der Waals surface area contributed by atoms with Crippen LogP contribution in [-0.4, -0.2) is 56.1 Å². The standard InChI is InChI=1S/C13H21N3O3S/c1-15(10-11-17)13-12(6-5-7-14-13)20(18,19)16-8-3-2-4-9-16/h5-7,17H,2-4,8-11H2,1H3. The van der Waals surface area contributed by atoms with Crippen molar-refractivity contribution in [1.29, 1.82) is 0 Å². The molecule has 0 saturated carbocycles. The van der Waals surface area contributed by atoms with E-state index in [2.05, 4.69) is 4.98 Å². The quantitative estimate of drug-likeness (QED) is 0.865. The molecule has 20 heavy (non-hydrogen) atoms. The highest BCUT2D eigenvalue weighted by Crippen LogP contribution is 2.26. The van der Waals surface area contributed by atoms with Crippen molar-refractivity contribution in [2.45, 2.75) is 24.2 Å². The SMILES string of the molecule is CN(CCO)c1ncccc1S(=O)(=O)N1CCCCC1. The average Bonchev–Trinajstić information content (AvgIpc) is 2.48. The number of hydrogen-bond donors (Lipinski definition) is 1. The number of aliphatic hydroxyl groups is 1. The lowest BCUT2D eigenvalue weighted by Crippen LogP contribution is -2.36. The zero-order valence-electron chi connectivity index (χ0n) is 11.7. The molecule has 0 spiro atoms. The van der Waals surface area contributed by atoms with Gasteiger partial charge in [0.15, 0.2) is 0 Å². The van der Waals surface area contributed by atoms with Crippen molar-refractivity contribution >= 4 is 15.8 Å². The minimum atomic E-state index is -3.51. The maximum atomic E-state index is 12.7. The third-order valence-electron chi connectivity index (χ3n) is 3.48.